The maximum atomic E-state index is 13.7. The average molecular weight is 487 g/mol. The second kappa shape index (κ2) is 11.1. The van der Waals surface area contributed by atoms with E-state index in [0.29, 0.717) is 15.8 Å². The van der Waals surface area contributed by atoms with Gasteiger partial charge in [0.15, 0.2) is 11.8 Å². The lowest BCUT2D eigenvalue weighted by molar-refractivity contribution is -0.139. The van der Waals surface area contributed by atoms with Crippen molar-refractivity contribution in [3.63, 3.8) is 0 Å². The molecule has 0 spiro atoms. The lowest BCUT2D eigenvalue weighted by Gasteiger charge is -2.19. The number of rotatable bonds is 8. The Morgan fingerprint density at radius 1 is 1.00 bits per heavy atom. The zero-order chi connectivity index (χ0) is 24.8. The molecule has 0 aromatic heterocycles. The number of hydrogen-bond acceptors (Lipinski definition) is 5. The molecule has 0 radical (unpaired) electrons. The van der Waals surface area contributed by atoms with Crippen LogP contribution in [0.4, 0.5) is 11.4 Å². The summed E-state index contributed by atoms with van der Waals surface area (Å²) < 4.78 is 5.29. The van der Waals surface area contributed by atoms with Crippen molar-refractivity contribution >= 4 is 46.3 Å². The summed E-state index contributed by atoms with van der Waals surface area (Å²) in [4.78, 5) is 31.6. The van der Waals surface area contributed by atoms with Crippen molar-refractivity contribution in [2.24, 2.45) is 4.99 Å². The van der Waals surface area contributed by atoms with Crippen LogP contribution in [-0.4, -0.2) is 28.8 Å². The molecule has 0 saturated carbocycles. The molecule has 1 heterocycles. The minimum absolute atomic E-state index is 0.152. The Hall–Kier alpha value is -3.84. The summed E-state index contributed by atoms with van der Waals surface area (Å²) in [7, 11) is 0. The molecule has 0 bridgehead atoms. The topological polar surface area (TPSA) is 79.2 Å². The molecule has 1 fully saturated rings. The maximum absolute atomic E-state index is 13.7. The van der Waals surface area contributed by atoms with E-state index in [-0.39, 0.29) is 5.91 Å². The molecule has 35 heavy (non-hydrogen) atoms. The number of benzene rings is 3. The quantitative estimate of drug-likeness (QED) is 0.390. The summed E-state index contributed by atoms with van der Waals surface area (Å²) in [5, 5.41) is 9.47. The number of anilines is 1. The third-order valence-corrected chi connectivity index (χ3v) is 6.50. The van der Waals surface area contributed by atoms with Crippen LogP contribution in [0.3, 0.4) is 0 Å². The first-order valence-corrected chi connectivity index (χ1v) is 12.2. The van der Waals surface area contributed by atoms with Crippen LogP contribution >= 0.6 is 11.8 Å². The van der Waals surface area contributed by atoms with Crippen LogP contribution in [0.2, 0.25) is 0 Å². The molecule has 3 aromatic carbocycles. The molecule has 0 atom stereocenters. The monoisotopic (exact) mass is 486 g/mol. The highest BCUT2D eigenvalue weighted by atomic mass is 32.2. The van der Waals surface area contributed by atoms with Gasteiger partial charge in [0.05, 0.1) is 16.3 Å². The first-order chi connectivity index (χ1) is 17.0. The second-order valence-corrected chi connectivity index (χ2v) is 8.87. The lowest BCUT2D eigenvalue weighted by Crippen LogP contribution is -2.29. The Balaban J connectivity index is 1.76. The number of aliphatic imine (C=N–C) groups is 1. The highest BCUT2D eigenvalue weighted by molar-refractivity contribution is 8.19. The van der Waals surface area contributed by atoms with E-state index < -0.39 is 12.6 Å². The summed E-state index contributed by atoms with van der Waals surface area (Å²) in [5.74, 6) is -0.773. The predicted octanol–water partition coefficient (Wildman–Crippen LogP) is 6.08. The summed E-state index contributed by atoms with van der Waals surface area (Å²) in [5.41, 5.74) is 4.57. The van der Waals surface area contributed by atoms with E-state index in [1.54, 1.807) is 29.2 Å². The molecular formula is C28H26N2O4S. The molecule has 4 rings (SSSR count). The van der Waals surface area contributed by atoms with Gasteiger partial charge in [0.1, 0.15) is 5.75 Å². The standard InChI is InChI=1S/C28H26N2O4S/c1-3-20-11-5-7-14-23(20)29-28-30(24-15-8-6-12-21(24)4-2)27(33)25(35-28)17-19-10-9-13-22(16-19)34-18-26(31)32/h5-17H,3-4,18H2,1-2H3,(H,31,32)/b25-17-,29-28?. The van der Waals surface area contributed by atoms with Crippen LogP contribution in [0.15, 0.2) is 82.7 Å². The summed E-state index contributed by atoms with van der Waals surface area (Å²) in [6.45, 7) is 3.72. The van der Waals surface area contributed by atoms with Crippen molar-refractivity contribution < 1.29 is 19.4 Å². The predicted molar refractivity (Wildman–Crippen MR) is 141 cm³/mol. The number of nitrogens with zero attached hydrogens (tertiary/aromatic N) is 2. The second-order valence-electron chi connectivity index (χ2n) is 7.87. The first-order valence-electron chi connectivity index (χ1n) is 11.4. The van der Waals surface area contributed by atoms with Gasteiger partial charge in [-0.2, -0.15) is 0 Å². The van der Waals surface area contributed by atoms with E-state index in [1.165, 1.54) is 11.8 Å². The van der Waals surface area contributed by atoms with Gasteiger partial charge in [0.2, 0.25) is 0 Å². The molecule has 3 aromatic rings. The number of aliphatic carboxylic acids is 1. The van der Waals surface area contributed by atoms with Crippen molar-refractivity contribution in [2.45, 2.75) is 26.7 Å². The Bertz CT molecular complexity index is 1320. The van der Waals surface area contributed by atoms with Crippen molar-refractivity contribution in [2.75, 3.05) is 11.5 Å². The average Bonchev–Trinajstić information content (AvgIpc) is 3.17. The third-order valence-electron chi connectivity index (χ3n) is 5.53. The Labute approximate surface area is 209 Å². The van der Waals surface area contributed by atoms with E-state index in [1.807, 2.05) is 54.6 Å². The fraction of sp³-hybridized carbons (Fsp3) is 0.179. The van der Waals surface area contributed by atoms with E-state index in [4.69, 9.17) is 14.8 Å². The number of amides is 1. The van der Waals surface area contributed by atoms with Gasteiger partial charge >= 0.3 is 5.97 Å². The number of carboxylic acid groups (broad SMARTS) is 1. The fourth-order valence-corrected chi connectivity index (χ4v) is 4.79. The van der Waals surface area contributed by atoms with Crippen LogP contribution in [0.5, 0.6) is 5.75 Å². The smallest absolute Gasteiger partial charge is 0.341 e. The minimum atomic E-state index is -1.05. The van der Waals surface area contributed by atoms with Gasteiger partial charge in [-0.3, -0.25) is 9.69 Å². The molecule has 0 aliphatic carbocycles. The van der Waals surface area contributed by atoms with Crippen molar-refractivity contribution in [3.8, 4) is 5.75 Å². The number of para-hydroxylation sites is 2. The van der Waals surface area contributed by atoms with Gasteiger partial charge in [-0.25, -0.2) is 9.79 Å². The SMILES string of the molecule is CCc1ccccc1N=C1S/C(=C\c2cccc(OCC(=O)O)c2)C(=O)N1c1ccccc1CC. The molecule has 1 saturated heterocycles. The highest BCUT2D eigenvalue weighted by Gasteiger charge is 2.35. The number of carbonyl (C=O) groups is 2. The number of amidine groups is 1. The summed E-state index contributed by atoms with van der Waals surface area (Å²) >= 11 is 1.33. The van der Waals surface area contributed by atoms with Gasteiger partial charge in [0.25, 0.3) is 5.91 Å². The molecule has 7 heteroatoms. The summed E-state index contributed by atoms with van der Waals surface area (Å²) in [6, 6.07) is 22.8. The maximum Gasteiger partial charge on any atom is 0.341 e. The highest BCUT2D eigenvalue weighted by Crippen LogP contribution is 2.39. The Morgan fingerprint density at radius 2 is 1.71 bits per heavy atom. The van der Waals surface area contributed by atoms with E-state index in [9.17, 15) is 9.59 Å². The molecule has 1 N–H and O–H groups in total. The van der Waals surface area contributed by atoms with E-state index >= 15 is 0 Å². The number of carbonyl (C=O) groups excluding carboxylic acids is 1. The van der Waals surface area contributed by atoms with Gasteiger partial charge in [-0.1, -0.05) is 62.4 Å². The molecular weight excluding hydrogens is 460 g/mol. The molecule has 0 unspecified atom stereocenters. The van der Waals surface area contributed by atoms with Crippen molar-refractivity contribution in [3.05, 3.63) is 94.4 Å². The van der Waals surface area contributed by atoms with Crippen LogP contribution in [0, 0.1) is 0 Å². The number of thioether (sulfide) groups is 1. The molecule has 178 valence electrons. The number of aryl methyl sites for hydroxylation is 2. The summed E-state index contributed by atoms with van der Waals surface area (Å²) in [6.07, 6.45) is 3.41. The Morgan fingerprint density at radius 3 is 2.46 bits per heavy atom. The number of ether oxygens (including phenoxy) is 1. The number of carboxylic acids is 1. The van der Waals surface area contributed by atoms with Gasteiger partial charge < -0.3 is 9.84 Å². The van der Waals surface area contributed by atoms with Crippen molar-refractivity contribution in [1.29, 1.82) is 0 Å². The zero-order valence-corrected chi connectivity index (χ0v) is 20.4. The fourth-order valence-electron chi connectivity index (χ4n) is 3.80. The van der Waals surface area contributed by atoms with Crippen LogP contribution in [0.25, 0.3) is 6.08 Å². The number of hydrogen-bond donors (Lipinski definition) is 1. The normalized spacial score (nSPS) is 15.7. The zero-order valence-electron chi connectivity index (χ0n) is 19.6. The largest absolute Gasteiger partial charge is 0.482 e. The molecule has 1 amide bonds. The van der Waals surface area contributed by atoms with Gasteiger partial charge in [0, 0.05) is 0 Å². The lowest BCUT2D eigenvalue weighted by atomic mass is 10.1. The van der Waals surface area contributed by atoms with Crippen molar-refractivity contribution in [1.82, 2.24) is 0 Å². The van der Waals surface area contributed by atoms with Crippen LogP contribution in [0.1, 0.15) is 30.5 Å². The van der Waals surface area contributed by atoms with Gasteiger partial charge in [-0.15, -0.1) is 0 Å². The molecule has 1 aliphatic rings. The molecule has 6 nitrogen and oxygen atoms in total. The van der Waals surface area contributed by atoms with Crippen LogP contribution in [-0.2, 0) is 22.4 Å². The van der Waals surface area contributed by atoms with E-state index in [2.05, 4.69) is 13.8 Å². The Kier molecular flexibility index (Phi) is 7.67. The van der Waals surface area contributed by atoms with Gasteiger partial charge in [-0.05, 0) is 71.6 Å². The first kappa shape index (κ1) is 24.3. The van der Waals surface area contributed by atoms with E-state index in [0.717, 1.165) is 40.9 Å². The third kappa shape index (κ3) is 5.63. The molecule has 1 aliphatic heterocycles. The minimum Gasteiger partial charge on any atom is -0.482 e. The van der Waals surface area contributed by atoms with Crippen LogP contribution < -0.4 is 9.64 Å².